The fourth-order valence-electron chi connectivity index (χ4n) is 6.44. The first-order chi connectivity index (χ1) is 20.3. The maximum absolute atomic E-state index is 2.54. The summed E-state index contributed by atoms with van der Waals surface area (Å²) in [5.41, 5.74) is 3.31. The molecule has 0 radical (unpaired) electrons. The molecular weight excluding hydrogens is 494 g/mol. The zero-order valence-corrected chi connectivity index (χ0v) is 28.8. The molecule has 0 aliphatic rings. The van der Waals surface area contributed by atoms with Crippen LogP contribution in [-0.2, 0) is 19.4 Å². The lowest BCUT2D eigenvalue weighted by Gasteiger charge is -2.10. The van der Waals surface area contributed by atoms with Crippen molar-refractivity contribution in [3.8, 4) is 0 Å². The Bertz CT molecular complexity index is 650. The minimum Gasteiger partial charge on any atom is -0.205 e. The lowest BCUT2D eigenvalue weighted by Crippen LogP contribution is -2.34. The molecule has 1 heteroatoms. The molecule has 0 N–H and O–H groups in total. The number of nitrogens with zero attached hydrogens (tertiary/aromatic N) is 1. The van der Waals surface area contributed by atoms with Crippen LogP contribution in [-0.4, -0.2) is 0 Å². The lowest BCUT2D eigenvalue weighted by atomic mass is 9.97. The third-order valence-electron chi connectivity index (χ3n) is 9.32. The first-order valence-corrected chi connectivity index (χ1v) is 19.3. The van der Waals surface area contributed by atoms with Crippen LogP contribution in [0.25, 0.3) is 0 Å². The average molecular weight is 571 g/mol. The van der Waals surface area contributed by atoms with Crippen LogP contribution in [0.2, 0.25) is 0 Å². The first-order valence-electron chi connectivity index (χ1n) is 19.3. The molecule has 0 amide bonds. The third-order valence-corrected chi connectivity index (χ3v) is 9.32. The number of aromatic nitrogens is 1. The van der Waals surface area contributed by atoms with Crippen LogP contribution in [0, 0.1) is 0 Å². The van der Waals surface area contributed by atoms with E-state index in [2.05, 4.69) is 43.8 Å². The maximum atomic E-state index is 2.54. The monoisotopic (exact) mass is 571 g/mol. The minimum absolute atomic E-state index is 1.21. The highest BCUT2D eigenvalue weighted by atomic mass is 14.9. The van der Waals surface area contributed by atoms with Gasteiger partial charge in [-0.25, -0.2) is 4.57 Å². The van der Waals surface area contributed by atoms with Crippen LogP contribution >= 0.6 is 0 Å². The van der Waals surface area contributed by atoms with Crippen LogP contribution in [0.15, 0.2) is 18.5 Å². The van der Waals surface area contributed by atoms with E-state index in [-0.39, 0.29) is 0 Å². The average Bonchev–Trinajstić information content (AvgIpc) is 2.99. The van der Waals surface area contributed by atoms with E-state index >= 15 is 0 Å². The highest BCUT2D eigenvalue weighted by molar-refractivity contribution is 5.21. The molecule has 1 heterocycles. The van der Waals surface area contributed by atoms with Crippen LogP contribution < -0.4 is 4.57 Å². The smallest absolute Gasteiger partial charge is 0.172 e. The molecule has 0 fully saturated rings. The predicted octanol–water partition coefficient (Wildman–Crippen LogP) is 13.4. The Kier molecular flexibility index (Phi) is 28.5. The number of aryl methyl sites for hydroxylation is 3. The van der Waals surface area contributed by atoms with Crippen molar-refractivity contribution in [1.29, 1.82) is 0 Å². The molecule has 1 rings (SSSR count). The molecule has 0 atom stereocenters. The van der Waals surface area contributed by atoms with Gasteiger partial charge in [-0.2, -0.15) is 0 Å². The predicted molar refractivity (Wildman–Crippen MR) is 185 cm³/mol. The standard InChI is InChI=1S/C40H76N/c1-4-7-10-13-16-17-18-19-20-21-22-23-26-29-32-36-41-37-35-39(33-30-27-24-14-11-8-5-2)40(38-41)34-31-28-25-15-12-9-6-3/h35,37-38H,4-34,36H2,1-3H3/q+1. The van der Waals surface area contributed by atoms with Gasteiger partial charge in [0.1, 0.15) is 6.54 Å². The Morgan fingerprint density at radius 3 is 1.07 bits per heavy atom. The fraction of sp³-hybridized carbons (Fsp3) is 0.875. The number of unbranched alkanes of at least 4 members (excludes halogenated alkanes) is 26. The van der Waals surface area contributed by atoms with E-state index in [1.165, 1.54) is 206 Å². The first kappa shape index (κ1) is 38.2. The zero-order chi connectivity index (χ0) is 29.5. The van der Waals surface area contributed by atoms with Crippen LogP contribution in [0.5, 0.6) is 0 Å². The molecule has 0 saturated heterocycles. The van der Waals surface area contributed by atoms with Gasteiger partial charge in [-0.3, -0.25) is 0 Å². The van der Waals surface area contributed by atoms with E-state index in [9.17, 15) is 0 Å². The number of rotatable bonds is 32. The van der Waals surface area contributed by atoms with Crippen molar-refractivity contribution in [2.45, 2.75) is 226 Å². The number of hydrogen-bond donors (Lipinski definition) is 0. The molecule has 0 aliphatic carbocycles. The minimum atomic E-state index is 1.21. The maximum Gasteiger partial charge on any atom is 0.172 e. The molecular formula is C40H76N+. The van der Waals surface area contributed by atoms with Gasteiger partial charge in [-0.05, 0) is 37.7 Å². The van der Waals surface area contributed by atoms with Crippen molar-refractivity contribution in [3.05, 3.63) is 29.6 Å². The summed E-state index contributed by atoms with van der Waals surface area (Å²) >= 11 is 0. The van der Waals surface area contributed by atoms with Gasteiger partial charge in [-0.1, -0.05) is 181 Å². The summed E-state index contributed by atoms with van der Waals surface area (Å²) in [5.74, 6) is 0. The zero-order valence-electron chi connectivity index (χ0n) is 28.8. The van der Waals surface area contributed by atoms with Crippen molar-refractivity contribution in [2.75, 3.05) is 0 Å². The summed E-state index contributed by atoms with van der Waals surface area (Å²) in [5, 5.41) is 0. The highest BCUT2D eigenvalue weighted by Gasteiger charge is 2.10. The molecule has 1 aromatic heterocycles. The van der Waals surface area contributed by atoms with Gasteiger partial charge in [0.05, 0.1) is 0 Å². The molecule has 1 nitrogen and oxygen atoms in total. The van der Waals surface area contributed by atoms with Crippen molar-refractivity contribution in [2.24, 2.45) is 0 Å². The molecule has 1 aromatic rings. The van der Waals surface area contributed by atoms with Gasteiger partial charge in [0.15, 0.2) is 12.4 Å². The molecule has 41 heavy (non-hydrogen) atoms. The summed E-state index contributed by atoms with van der Waals surface area (Å²) in [4.78, 5) is 0. The summed E-state index contributed by atoms with van der Waals surface area (Å²) in [6.45, 7) is 8.15. The molecule has 0 saturated carbocycles. The second-order valence-electron chi connectivity index (χ2n) is 13.4. The Labute approximate surface area is 260 Å². The number of hydrogen-bond acceptors (Lipinski definition) is 0. The third kappa shape index (κ3) is 24.3. The Hall–Kier alpha value is -0.850. The second kappa shape index (κ2) is 30.6. The molecule has 0 unspecified atom stereocenters. The van der Waals surface area contributed by atoms with E-state index in [0.29, 0.717) is 0 Å². The molecule has 0 spiro atoms. The van der Waals surface area contributed by atoms with Gasteiger partial charge >= 0.3 is 0 Å². The van der Waals surface area contributed by atoms with E-state index in [4.69, 9.17) is 0 Å². The summed E-state index contributed by atoms with van der Waals surface area (Å²) in [6, 6.07) is 2.48. The fourth-order valence-corrected chi connectivity index (χ4v) is 6.44. The van der Waals surface area contributed by atoms with Crippen LogP contribution in [0.4, 0.5) is 0 Å². The van der Waals surface area contributed by atoms with Crippen molar-refractivity contribution < 1.29 is 4.57 Å². The van der Waals surface area contributed by atoms with Gasteiger partial charge in [0.2, 0.25) is 0 Å². The van der Waals surface area contributed by atoms with E-state index < -0.39 is 0 Å². The second-order valence-corrected chi connectivity index (χ2v) is 13.4. The number of pyridine rings is 1. The highest BCUT2D eigenvalue weighted by Crippen LogP contribution is 2.17. The van der Waals surface area contributed by atoms with Gasteiger partial charge < -0.3 is 0 Å². The van der Waals surface area contributed by atoms with Crippen molar-refractivity contribution in [1.82, 2.24) is 0 Å². The summed E-state index contributed by atoms with van der Waals surface area (Å²) in [7, 11) is 0. The SMILES string of the molecule is CCCCCCCCCCCCCCCCC[n+]1ccc(CCCCCCCCC)c(CCCCCCCCC)c1. The normalized spacial score (nSPS) is 11.5. The van der Waals surface area contributed by atoms with Gasteiger partial charge in [-0.15, -0.1) is 0 Å². The summed E-state index contributed by atoms with van der Waals surface area (Å²) < 4.78 is 2.52. The van der Waals surface area contributed by atoms with Crippen molar-refractivity contribution in [3.63, 3.8) is 0 Å². The molecule has 0 bridgehead atoms. The molecule has 0 aromatic carbocycles. The summed E-state index contributed by atoms with van der Waals surface area (Å²) in [6.07, 6.45) is 48.9. The van der Waals surface area contributed by atoms with E-state index in [1.807, 2.05) is 0 Å². The Morgan fingerprint density at radius 1 is 0.366 bits per heavy atom. The van der Waals surface area contributed by atoms with Crippen LogP contribution in [0.1, 0.15) is 218 Å². The van der Waals surface area contributed by atoms with Crippen LogP contribution in [0.3, 0.4) is 0 Å². The topological polar surface area (TPSA) is 3.88 Å². The van der Waals surface area contributed by atoms with Crippen molar-refractivity contribution >= 4 is 0 Å². The largest absolute Gasteiger partial charge is 0.205 e. The van der Waals surface area contributed by atoms with Gasteiger partial charge in [0.25, 0.3) is 0 Å². The van der Waals surface area contributed by atoms with Gasteiger partial charge in [0, 0.05) is 18.1 Å². The molecule has 0 aliphatic heterocycles. The lowest BCUT2D eigenvalue weighted by molar-refractivity contribution is -0.697. The van der Waals surface area contributed by atoms with E-state index in [0.717, 1.165) is 0 Å². The molecule has 240 valence electrons. The quantitative estimate of drug-likeness (QED) is 0.0599. The Balaban J connectivity index is 2.25. The Morgan fingerprint density at radius 2 is 0.683 bits per heavy atom. The van der Waals surface area contributed by atoms with E-state index in [1.54, 1.807) is 11.1 Å².